The van der Waals surface area contributed by atoms with Crippen molar-refractivity contribution in [3.05, 3.63) is 88.1 Å². The second-order valence-corrected chi connectivity index (χ2v) is 9.27. The van der Waals surface area contributed by atoms with Crippen LogP contribution in [0, 0.1) is 6.92 Å². The lowest BCUT2D eigenvalue weighted by molar-refractivity contribution is 0.0999. The summed E-state index contributed by atoms with van der Waals surface area (Å²) < 4.78 is 6.13. The number of amides is 1. The van der Waals surface area contributed by atoms with Gasteiger partial charge < -0.3 is 9.73 Å². The third-order valence-electron chi connectivity index (χ3n) is 5.88. The Balaban J connectivity index is 1.90. The first-order chi connectivity index (χ1) is 15.3. The molecule has 0 aliphatic carbocycles. The summed E-state index contributed by atoms with van der Waals surface area (Å²) in [4.78, 5) is 13.7. The van der Waals surface area contributed by atoms with Gasteiger partial charge in [-0.1, -0.05) is 81.8 Å². The Hall–Kier alpha value is -3.04. The van der Waals surface area contributed by atoms with Gasteiger partial charge in [-0.05, 0) is 59.2 Å². The molecule has 1 amide bonds. The fourth-order valence-electron chi connectivity index (χ4n) is 4.22. The average Bonchev–Trinajstić information content (AvgIpc) is 3.12. The summed E-state index contributed by atoms with van der Waals surface area (Å²) in [7, 11) is 0. The van der Waals surface area contributed by atoms with Gasteiger partial charge in [0.05, 0.1) is 0 Å². The molecule has 0 atom stereocenters. The maximum Gasteiger partial charge on any atom is 0.292 e. The molecule has 1 heterocycles. The first kappa shape index (κ1) is 22.2. The van der Waals surface area contributed by atoms with Crippen LogP contribution in [0.1, 0.15) is 66.8 Å². The fourth-order valence-corrected chi connectivity index (χ4v) is 4.39. The summed E-state index contributed by atoms with van der Waals surface area (Å²) in [6, 6.07) is 19.7. The van der Waals surface area contributed by atoms with Crippen LogP contribution in [0.4, 0.5) is 5.69 Å². The predicted molar refractivity (Wildman–Crippen MR) is 134 cm³/mol. The Bertz CT molecular complexity index is 1270. The van der Waals surface area contributed by atoms with Crippen LogP contribution in [0.25, 0.3) is 22.1 Å². The van der Waals surface area contributed by atoms with Crippen LogP contribution in [0.15, 0.2) is 65.1 Å². The Labute approximate surface area is 194 Å². The molecule has 0 aliphatic heterocycles. The molecule has 0 unspecified atom stereocenters. The van der Waals surface area contributed by atoms with Gasteiger partial charge in [0.25, 0.3) is 5.91 Å². The van der Waals surface area contributed by atoms with Crippen molar-refractivity contribution in [1.29, 1.82) is 0 Å². The average molecular weight is 446 g/mol. The molecule has 0 spiro atoms. The highest BCUT2D eigenvalue weighted by molar-refractivity contribution is 6.31. The number of nitrogens with one attached hydrogen (secondary N) is 1. The van der Waals surface area contributed by atoms with Crippen molar-refractivity contribution in [2.75, 3.05) is 5.32 Å². The van der Waals surface area contributed by atoms with Crippen LogP contribution in [-0.2, 0) is 0 Å². The molecule has 0 fully saturated rings. The van der Waals surface area contributed by atoms with E-state index in [1.165, 1.54) is 0 Å². The van der Waals surface area contributed by atoms with E-state index in [1.807, 2.05) is 43.3 Å². The van der Waals surface area contributed by atoms with E-state index in [0.717, 1.165) is 38.9 Å². The Kier molecular flexibility index (Phi) is 6.12. The zero-order valence-corrected chi connectivity index (χ0v) is 19.9. The van der Waals surface area contributed by atoms with Crippen molar-refractivity contribution in [3.63, 3.8) is 0 Å². The van der Waals surface area contributed by atoms with Crippen molar-refractivity contribution in [2.24, 2.45) is 0 Å². The van der Waals surface area contributed by atoms with Gasteiger partial charge in [0, 0.05) is 21.7 Å². The number of anilines is 1. The number of aryl methyl sites for hydroxylation is 1. The molecule has 0 radical (unpaired) electrons. The number of hydrogen-bond acceptors (Lipinski definition) is 2. The third-order valence-corrected chi connectivity index (χ3v) is 6.12. The van der Waals surface area contributed by atoms with E-state index in [4.69, 9.17) is 16.0 Å². The summed E-state index contributed by atoms with van der Waals surface area (Å²) in [6.45, 7) is 10.6. The number of para-hydroxylation sites is 1. The first-order valence-electron chi connectivity index (χ1n) is 11.0. The zero-order valence-electron chi connectivity index (χ0n) is 19.1. The molecule has 3 aromatic carbocycles. The number of benzene rings is 3. The lowest BCUT2D eigenvalue weighted by Gasteiger charge is -2.20. The first-order valence-corrected chi connectivity index (χ1v) is 11.4. The van der Waals surface area contributed by atoms with Crippen LogP contribution >= 0.6 is 11.6 Å². The van der Waals surface area contributed by atoms with E-state index in [-0.39, 0.29) is 17.7 Å². The zero-order chi connectivity index (χ0) is 23.0. The maximum absolute atomic E-state index is 13.7. The number of fused-ring (bicyclic) bond motifs is 1. The third kappa shape index (κ3) is 4.05. The van der Waals surface area contributed by atoms with E-state index >= 15 is 0 Å². The Morgan fingerprint density at radius 2 is 1.56 bits per heavy atom. The molecule has 4 aromatic rings. The van der Waals surface area contributed by atoms with Crippen LogP contribution in [0.5, 0.6) is 0 Å². The highest BCUT2D eigenvalue weighted by Gasteiger charge is 2.25. The number of carbonyl (C=O) groups excluding carboxylic acids is 1. The van der Waals surface area contributed by atoms with Gasteiger partial charge in [0.15, 0.2) is 0 Å². The van der Waals surface area contributed by atoms with E-state index in [2.05, 4.69) is 51.2 Å². The molecule has 4 rings (SSSR count). The topological polar surface area (TPSA) is 42.2 Å². The van der Waals surface area contributed by atoms with E-state index in [1.54, 1.807) is 6.07 Å². The number of carbonyl (C=O) groups is 1. The molecule has 4 heteroatoms. The van der Waals surface area contributed by atoms with E-state index in [9.17, 15) is 4.79 Å². The summed E-state index contributed by atoms with van der Waals surface area (Å²) in [5.41, 5.74) is 6.53. The van der Waals surface area contributed by atoms with Gasteiger partial charge in [-0.25, -0.2) is 0 Å². The second-order valence-electron chi connectivity index (χ2n) is 8.84. The van der Waals surface area contributed by atoms with Crippen molar-refractivity contribution < 1.29 is 9.21 Å². The van der Waals surface area contributed by atoms with Gasteiger partial charge in [0.1, 0.15) is 5.58 Å². The lowest BCUT2D eigenvalue weighted by atomic mass is 9.92. The minimum atomic E-state index is -0.259. The Morgan fingerprint density at radius 3 is 2.19 bits per heavy atom. The van der Waals surface area contributed by atoms with Crippen LogP contribution < -0.4 is 5.32 Å². The summed E-state index contributed by atoms with van der Waals surface area (Å²) >= 11 is 6.31. The number of hydrogen-bond donors (Lipinski definition) is 1. The molecular formula is C28H28ClNO2. The highest BCUT2D eigenvalue weighted by Crippen LogP contribution is 2.39. The standard InChI is InChI=1S/C28H28ClNO2/c1-16(2)20-11-8-12-21(17(3)4)26(20)30-28(31)27-25(22-10-7-6-9-18(22)5)23-15-19(29)13-14-24(23)32-27/h6-17H,1-5H3,(H,30,31). The maximum atomic E-state index is 13.7. The fraction of sp³-hybridized carbons (Fsp3) is 0.250. The van der Waals surface area contributed by atoms with E-state index in [0.29, 0.717) is 16.4 Å². The molecule has 164 valence electrons. The molecule has 1 N–H and O–H groups in total. The largest absolute Gasteiger partial charge is 0.450 e. The molecule has 0 saturated heterocycles. The normalized spacial score (nSPS) is 11.5. The number of halogens is 1. The van der Waals surface area contributed by atoms with Crippen molar-refractivity contribution in [2.45, 2.75) is 46.5 Å². The second kappa shape index (κ2) is 8.84. The van der Waals surface area contributed by atoms with Crippen molar-refractivity contribution >= 4 is 34.2 Å². The minimum absolute atomic E-state index is 0.259. The van der Waals surface area contributed by atoms with Crippen LogP contribution in [0.3, 0.4) is 0 Å². The van der Waals surface area contributed by atoms with Crippen molar-refractivity contribution in [1.82, 2.24) is 0 Å². The monoisotopic (exact) mass is 445 g/mol. The summed E-state index contributed by atoms with van der Waals surface area (Å²) in [5, 5.41) is 4.63. The molecule has 0 aliphatic rings. The van der Waals surface area contributed by atoms with Gasteiger partial charge in [0.2, 0.25) is 5.76 Å². The minimum Gasteiger partial charge on any atom is -0.450 e. The van der Waals surface area contributed by atoms with E-state index < -0.39 is 0 Å². The van der Waals surface area contributed by atoms with Crippen molar-refractivity contribution in [3.8, 4) is 11.1 Å². The predicted octanol–water partition coefficient (Wildman–Crippen LogP) is 8.56. The summed E-state index contributed by atoms with van der Waals surface area (Å²) in [6.07, 6.45) is 0. The van der Waals surface area contributed by atoms with Gasteiger partial charge in [-0.15, -0.1) is 0 Å². The molecule has 1 aromatic heterocycles. The number of furan rings is 1. The Morgan fingerprint density at radius 1 is 0.906 bits per heavy atom. The quantitative estimate of drug-likeness (QED) is 0.334. The molecule has 0 saturated carbocycles. The van der Waals surface area contributed by atoms with Gasteiger partial charge >= 0.3 is 0 Å². The van der Waals surface area contributed by atoms with Crippen LogP contribution in [-0.4, -0.2) is 5.91 Å². The highest BCUT2D eigenvalue weighted by atomic mass is 35.5. The van der Waals surface area contributed by atoms with Gasteiger partial charge in [-0.2, -0.15) is 0 Å². The summed E-state index contributed by atoms with van der Waals surface area (Å²) in [5.74, 6) is 0.582. The molecule has 0 bridgehead atoms. The number of rotatable bonds is 5. The molecule has 3 nitrogen and oxygen atoms in total. The smallest absolute Gasteiger partial charge is 0.292 e. The SMILES string of the molecule is Cc1ccccc1-c1c(C(=O)Nc2c(C(C)C)cccc2C(C)C)oc2ccc(Cl)cc12. The van der Waals surface area contributed by atoms with Gasteiger partial charge in [-0.3, -0.25) is 4.79 Å². The molecular weight excluding hydrogens is 418 g/mol. The van der Waals surface area contributed by atoms with Crippen LogP contribution in [0.2, 0.25) is 5.02 Å². The molecule has 32 heavy (non-hydrogen) atoms. The lowest BCUT2D eigenvalue weighted by Crippen LogP contribution is -2.16.